The van der Waals surface area contributed by atoms with Gasteiger partial charge >= 0.3 is 5.63 Å². The molecule has 1 aliphatic rings. The first-order valence-corrected chi connectivity index (χ1v) is 9.86. The molecule has 140 valence electrons. The molecule has 2 aromatic carbocycles. The fourth-order valence-electron chi connectivity index (χ4n) is 4.40. The quantitative estimate of drug-likeness (QED) is 0.697. The van der Waals surface area contributed by atoms with E-state index in [1.54, 1.807) is 12.1 Å². The summed E-state index contributed by atoms with van der Waals surface area (Å²) in [5.41, 5.74) is 2.72. The molecule has 4 nitrogen and oxygen atoms in total. The first-order valence-electron chi connectivity index (χ1n) is 9.86. The predicted molar refractivity (Wildman–Crippen MR) is 107 cm³/mol. The van der Waals surface area contributed by atoms with Crippen molar-refractivity contribution in [2.24, 2.45) is 0 Å². The van der Waals surface area contributed by atoms with Crippen LogP contribution in [-0.2, 0) is 6.54 Å². The SMILES string of the molecule is CC[C@@H]1CCCC[NH+]1Cc1c(O)ccc2c(-c3ccccc3)cc(=O)oc12. The highest BCUT2D eigenvalue weighted by atomic mass is 16.4. The van der Waals surface area contributed by atoms with Gasteiger partial charge in [0.05, 0.1) is 18.2 Å². The van der Waals surface area contributed by atoms with Crippen LogP contribution in [0.2, 0.25) is 0 Å². The van der Waals surface area contributed by atoms with Crippen molar-refractivity contribution >= 4 is 11.0 Å². The van der Waals surface area contributed by atoms with Crippen LogP contribution in [0.15, 0.2) is 57.7 Å². The lowest BCUT2D eigenvalue weighted by Gasteiger charge is -2.32. The Kier molecular flexibility index (Phi) is 4.99. The smallest absolute Gasteiger partial charge is 0.336 e. The molecular formula is C23H26NO3+. The number of quaternary nitrogens is 1. The molecule has 1 aromatic heterocycles. The van der Waals surface area contributed by atoms with Gasteiger partial charge in [0.25, 0.3) is 0 Å². The number of benzene rings is 2. The summed E-state index contributed by atoms with van der Waals surface area (Å²) in [4.78, 5) is 13.8. The summed E-state index contributed by atoms with van der Waals surface area (Å²) in [6, 6.07) is 15.6. The monoisotopic (exact) mass is 364 g/mol. The normalized spacial score (nSPS) is 20.0. The lowest BCUT2D eigenvalue weighted by Crippen LogP contribution is -3.15. The molecule has 27 heavy (non-hydrogen) atoms. The van der Waals surface area contributed by atoms with Crippen molar-refractivity contribution in [2.75, 3.05) is 6.54 Å². The topological polar surface area (TPSA) is 54.9 Å². The number of aromatic hydroxyl groups is 1. The van der Waals surface area contributed by atoms with E-state index < -0.39 is 0 Å². The molecule has 1 saturated heterocycles. The van der Waals surface area contributed by atoms with Crippen LogP contribution in [0.4, 0.5) is 0 Å². The van der Waals surface area contributed by atoms with Crippen molar-refractivity contribution in [2.45, 2.75) is 45.2 Å². The van der Waals surface area contributed by atoms with E-state index in [1.807, 2.05) is 36.4 Å². The number of piperidine rings is 1. The zero-order valence-corrected chi connectivity index (χ0v) is 15.7. The summed E-state index contributed by atoms with van der Waals surface area (Å²) in [5, 5.41) is 11.4. The molecule has 0 saturated carbocycles. The van der Waals surface area contributed by atoms with E-state index in [0.717, 1.165) is 35.0 Å². The summed E-state index contributed by atoms with van der Waals surface area (Å²) in [6.45, 7) is 4.01. The molecule has 4 rings (SSSR count). The lowest BCUT2D eigenvalue weighted by atomic mass is 9.97. The van der Waals surface area contributed by atoms with Crippen LogP contribution in [0.1, 0.15) is 38.2 Å². The minimum atomic E-state index is -0.381. The summed E-state index contributed by atoms with van der Waals surface area (Å²) in [5.74, 6) is 0.212. The Morgan fingerprint density at radius 2 is 1.96 bits per heavy atom. The summed E-state index contributed by atoms with van der Waals surface area (Å²) < 4.78 is 5.62. The van der Waals surface area contributed by atoms with Gasteiger partial charge < -0.3 is 14.4 Å². The standard InChI is InChI=1S/C23H25NO3/c1-2-17-10-6-7-13-24(17)15-20-21(25)12-11-18-19(14-22(26)27-23(18)20)16-8-4-3-5-9-16/h3-5,8-9,11-12,14,17,25H,2,6-7,10,13,15H2,1H3/p+1/t17-/m1/s1. The average molecular weight is 364 g/mol. The van der Waals surface area contributed by atoms with Crippen LogP contribution < -0.4 is 10.5 Å². The second-order valence-electron chi connectivity index (χ2n) is 7.47. The molecule has 2 N–H and O–H groups in total. The van der Waals surface area contributed by atoms with Crippen molar-refractivity contribution in [3.8, 4) is 16.9 Å². The Morgan fingerprint density at radius 1 is 1.15 bits per heavy atom. The number of fused-ring (bicyclic) bond motifs is 1. The molecule has 2 heterocycles. The first kappa shape index (κ1) is 17.8. The van der Waals surface area contributed by atoms with E-state index >= 15 is 0 Å². The molecule has 3 aromatic rings. The highest BCUT2D eigenvalue weighted by Gasteiger charge is 2.27. The molecule has 1 aliphatic heterocycles. The molecule has 1 unspecified atom stereocenters. The highest BCUT2D eigenvalue weighted by molar-refractivity contribution is 5.95. The molecule has 0 amide bonds. The van der Waals surface area contributed by atoms with Crippen molar-refractivity contribution in [1.29, 1.82) is 0 Å². The largest absolute Gasteiger partial charge is 0.507 e. The lowest BCUT2D eigenvalue weighted by molar-refractivity contribution is -0.944. The number of rotatable bonds is 4. The van der Waals surface area contributed by atoms with Gasteiger partial charge in [0, 0.05) is 11.5 Å². The van der Waals surface area contributed by atoms with Gasteiger partial charge in [-0.25, -0.2) is 4.79 Å². The number of phenols is 1. The fraction of sp³-hybridized carbons (Fsp3) is 0.348. The van der Waals surface area contributed by atoms with Crippen molar-refractivity contribution in [3.63, 3.8) is 0 Å². The third kappa shape index (κ3) is 3.50. The third-order valence-electron chi connectivity index (χ3n) is 5.85. The Bertz CT molecular complexity index is 994. The summed E-state index contributed by atoms with van der Waals surface area (Å²) in [7, 11) is 0. The summed E-state index contributed by atoms with van der Waals surface area (Å²) >= 11 is 0. The number of hydrogen-bond acceptors (Lipinski definition) is 3. The van der Waals surface area contributed by atoms with Crippen LogP contribution in [-0.4, -0.2) is 17.7 Å². The molecule has 0 bridgehead atoms. The number of hydrogen-bond donors (Lipinski definition) is 2. The van der Waals surface area contributed by atoms with Gasteiger partial charge in [-0.05, 0) is 48.9 Å². The van der Waals surface area contributed by atoms with Crippen LogP contribution in [0.25, 0.3) is 22.1 Å². The van der Waals surface area contributed by atoms with Gasteiger partial charge in [0.15, 0.2) is 5.58 Å². The van der Waals surface area contributed by atoms with Crippen molar-refractivity contribution < 1.29 is 14.4 Å². The fourth-order valence-corrected chi connectivity index (χ4v) is 4.40. The molecule has 1 fully saturated rings. The molecular weight excluding hydrogens is 338 g/mol. The van der Waals surface area contributed by atoms with E-state index in [0.29, 0.717) is 18.2 Å². The first-order chi connectivity index (χ1) is 13.2. The molecule has 2 atom stereocenters. The van der Waals surface area contributed by atoms with Crippen LogP contribution in [0.5, 0.6) is 5.75 Å². The Balaban J connectivity index is 1.85. The summed E-state index contributed by atoms with van der Waals surface area (Å²) in [6.07, 6.45) is 4.82. The van der Waals surface area contributed by atoms with Gasteiger partial charge in [0.1, 0.15) is 12.3 Å². The Hall–Kier alpha value is -2.59. The molecule has 4 heteroatoms. The second-order valence-corrected chi connectivity index (χ2v) is 7.47. The van der Waals surface area contributed by atoms with Gasteiger partial charge in [-0.3, -0.25) is 0 Å². The van der Waals surface area contributed by atoms with Crippen molar-refractivity contribution in [3.05, 3.63) is 64.5 Å². The van der Waals surface area contributed by atoms with E-state index in [9.17, 15) is 9.90 Å². The van der Waals surface area contributed by atoms with E-state index in [-0.39, 0.29) is 11.4 Å². The molecule has 0 spiro atoms. The number of nitrogens with one attached hydrogen (secondary N) is 1. The zero-order chi connectivity index (χ0) is 18.8. The molecule has 0 radical (unpaired) electrons. The number of likely N-dealkylation sites (tertiary alicyclic amines) is 1. The Labute approximate surface area is 159 Å². The zero-order valence-electron chi connectivity index (χ0n) is 15.7. The van der Waals surface area contributed by atoms with Crippen LogP contribution >= 0.6 is 0 Å². The third-order valence-corrected chi connectivity index (χ3v) is 5.85. The maximum absolute atomic E-state index is 12.3. The van der Waals surface area contributed by atoms with Crippen LogP contribution in [0.3, 0.4) is 0 Å². The second kappa shape index (κ2) is 7.57. The van der Waals surface area contributed by atoms with Gasteiger partial charge in [-0.1, -0.05) is 37.3 Å². The van der Waals surface area contributed by atoms with E-state index in [1.165, 1.54) is 24.2 Å². The van der Waals surface area contributed by atoms with E-state index in [4.69, 9.17) is 4.42 Å². The van der Waals surface area contributed by atoms with Gasteiger partial charge in [0.2, 0.25) is 0 Å². The highest BCUT2D eigenvalue weighted by Crippen LogP contribution is 2.32. The number of phenolic OH excluding ortho intramolecular Hbond substituents is 1. The minimum Gasteiger partial charge on any atom is -0.507 e. The molecule has 0 aliphatic carbocycles. The predicted octanol–water partition coefficient (Wildman–Crippen LogP) is 3.51. The maximum Gasteiger partial charge on any atom is 0.336 e. The minimum absolute atomic E-state index is 0.212. The van der Waals surface area contributed by atoms with Crippen LogP contribution in [0, 0.1) is 0 Å². The Morgan fingerprint density at radius 3 is 2.74 bits per heavy atom. The van der Waals surface area contributed by atoms with E-state index in [2.05, 4.69) is 6.92 Å². The maximum atomic E-state index is 12.3. The van der Waals surface area contributed by atoms with Gasteiger partial charge in [-0.15, -0.1) is 0 Å². The van der Waals surface area contributed by atoms with Crippen molar-refractivity contribution in [1.82, 2.24) is 0 Å². The van der Waals surface area contributed by atoms with Gasteiger partial charge in [-0.2, -0.15) is 0 Å². The average Bonchev–Trinajstić information content (AvgIpc) is 2.70.